The average Bonchev–Trinajstić information content (AvgIpc) is 1.74. The summed E-state index contributed by atoms with van der Waals surface area (Å²) >= 11 is 0. The van der Waals surface area contributed by atoms with E-state index in [2.05, 4.69) is 55.5 Å². The number of piperazine rings is 1. The minimum absolute atomic E-state index is 0. The van der Waals surface area contributed by atoms with Crippen molar-refractivity contribution in [2.45, 2.75) is 95.2 Å². The van der Waals surface area contributed by atoms with Gasteiger partial charge in [-0.05, 0) is 148 Å². The Kier molecular flexibility index (Phi) is 22.9. The first-order chi connectivity index (χ1) is 40.0. The van der Waals surface area contributed by atoms with E-state index in [0.717, 1.165) is 42.4 Å². The Hall–Kier alpha value is -6.59. The maximum atomic E-state index is 15.7. The standard InChI is InChI=1S/C63H74F2N10O8.3ClH/c1-38-32-73(49(31-67-38)34-72-24-27-83-36-39(72)2)35-55(76)75-37-63(4,51-20-12-42(29-54(51)75)28-41-10-14-46(64)15-11-41)62(81)69-48-18-16-47(17-19-48)68-59(78)44-13-21-52(65)53(30-44)70-60(79)57-50-9-7-6-8-45(50)33-74(57)61(80)56(43-22-25-82-26-23-43)71-58(77)40(3)66-5;;;/h6-21,29-30,38-40,43,49,56-57,66-67H,22-28,31-37H2,1-5H3,(H,68,78)(H,69,81)(H,70,79)(H,71,77);3*1H/t38-,39?,40?,49-,56?,57+,63?;;;/m1.../s1. The number of hydrogen-bond acceptors (Lipinski definition) is 12. The van der Waals surface area contributed by atoms with Gasteiger partial charge in [0.15, 0.2) is 0 Å². The first-order valence-corrected chi connectivity index (χ1v) is 28.7. The number of carbonyl (C=O) groups excluding carboxylic acids is 6. The molecule has 0 saturated carbocycles. The number of ether oxygens (including phenoxy) is 2. The van der Waals surface area contributed by atoms with Gasteiger partial charge in [-0.2, -0.15) is 0 Å². The first kappa shape index (κ1) is 66.9. The molecule has 10 rings (SSSR count). The normalized spacial score (nSPS) is 21.9. The number of halogens is 5. The van der Waals surface area contributed by atoms with Gasteiger partial charge in [-0.15, -0.1) is 37.2 Å². The van der Waals surface area contributed by atoms with Gasteiger partial charge in [0.05, 0.1) is 36.9 Å². The lowest BCUT2D eigenvalue weighted by Crippen LogP contribution is -2.62. The molecule has 4 unspecified atom stereocenters. The van der Waals surface area contributed by atoms with Crippen LogP contribution in [0.5, 0.6) is 0 Å². The molecule has 3 fully saturated rings. The fourth-order valence-electron chi connectivity index (χ4n) is 12.1. The molecule has 0 spiro atoms. The zero-order chi connectivity index (χ0) is 58.5. The van der Waals surface area contributed by atoms with E-state index in [9.17, 15) is 33.2 Å². The smallest absolute Gasteiger partial charge is 0.255 e. The van der Waals surface area contributed by atoms with Gasteiger partial charge in [0, 0.05) is 93.2 Å². The van der Waals surface area contributed by atoms with Gasteiger partial charge in [0.25, 0.3) is 11.8 Å². The third-order valence-corrected chi connectivity index (χ3v) is 17.1. The van der Waals surface area contributed by atoms with E-state index in [1.807, 2.05) is 31.2 Å². The van der Waals surface area contributed by atoms with Crippen LogP contribution >= 0.6 is 37.2 Å². The summed E-state index contributed by atoms with van der Waals surface area (Å²) in [4.78, 5) is 93.3. The van der Waals surface area contributed by atoms with Crippen molar-refractivity contribution < 1.29 is 47.0 Å². The number of nitrogens with one attached hydrogen (secondary N) is 6. The average molecular weight is 1250 g/mol. The Bertz CT molecular complexity index is 3240. The summed E-state index contributed by atoms with van der Waals surface area (Å²) in [6.07, 6.45) is 1.55. The molecule has 5 aliphatic heterocycles. The fourth-order valence-corrected chi connectivity index (χ4v) is 12.1. The molecule has 6 N–H and O–H groups in total. The highest BCUT2D eigenvalue weighted by Gasteiger charge is 2.48. The van der Waals surface area contributed by atoms with Crippen molar-refractivity contribution in [3.05, 3.63) is 154 Å². The molecule has 0 bridgehead atoms. The zero-order valence-electron chi connectivity index (χ0n) is 48.9. The minimum atomic E-state index is -1.18. The predicted molar refractivity (Wildman–Crippen MR) is 334 cm³/mol. The third kappa shape index (κ3) is 15.0. The molecule has 462 valence electrons. The molecule has 86 heavy (non-hydrogen) atoms. The van der Waals surface area contributed by atoms with Crippen molar-refractivity contribution in [2.24, 2.45) is 5.92 Å². The molecule has 18 nitrogen and oxygen atoms in total. The molecule has 23 heteroatoms. The summed E-state index contributed by atoms with van der Waals surface area (Å²) in [7, 11) is 1.65. The van der Waals surface area contributed by atoms with Crippen LogP contribution in [0.3, 0.4) is 0 Å². The molecule has 5 aliphatic rings. The van der Waals surface area contributed by atoms with Crippen molar-refractivity contribution in [1.29, 1.82) is 0 Å². The monoisotopic (exact) mass is 1240 g/mol. The van der Waals surface area contributed by atoms with E-state index in [4.69, 9.17) is 9.47 Å². The van der Waals surface area contributed by atoms with Crippen LogP contribution in [0.1, 0.15) is 84.8 Å². The number of fused-ring (bicyclic) bond motifs is 2. The van der Waals surface area contributed by atoms with E-state index in [1.54, 1.807) is 73.5 Å². The summed E-state index contributed by atoms with van der Waals surface area (Å²) < 4.78 is 40.8. The first-order valence-electron chi connectivity index (χ1n) is 28.7. The fraction of sp³-hybridized carbons (Fsp3) is 0.429. The van der Waals surface area contributed by atoms with Gasteiger partial charge in [0.1, 0.15) is 23.7 Å². The number of anilines is 4. The molecule has 3 saturated heterocycles. The van der Waals surface area contributed by atoms with Gasteiger partial charge in [0.2, 0.25) is 23.6 Å². The van der Waals surface area contributed by atoms with E-state index in [0.29, 0.717) is 80.4 Å². The van der Waals surface area contributed by atoms with E-state index >= 15 is 4.39 Å². The topological polar surface area (TPSA) is 206 Å². The van der Waals surface area contributed by atoms with Gasteiger partial charge in [-0.3, -0.25) is 38.6 Å². The van der Waals surface area contributed by atoms with Crippen LogP contribution in [-0.2, 0) is 51.8 Å². The van der Waals surface area contributed by atoms with E-state index < -0.39 is 47.1 Å². The Labute approximate surface area is 519 Å². The molecule has 5 aromatic carbocycles. The van der Waals surface area contributed by atoms with Gasteiger partial charge >= 0.3 is 0 Å². The molecule has 0 aliphatic carbocycles. The second kappa shape index (κ2) is 29.4. The van der Waals surface area contributed by atoms with Crippen LogP contribution in [-0.4, -0.2) is 153 Å². The van der Waals surface area contributed by atoms with Crippen molar-refractivity contribution in [2.75, 3.05) is 93.6 Å². The Morgan fingerprint density at radius 2 is 1.49 bits per heavy atom. The van der Waals surface area contributed by atoms with Gasteiger partial charge < -0.3 is 51.2 Å². The lowest BCUT2D eigenvalue weighted by molar-refractivity contribution is -0.144. The minimum Gasteiger partial charge on any atom is -0.381 e. The lowest BCUT2D eigenvalue weighted by Gasteiger charge is -2.43. The molecule has 0 radical (unpaired) electrons. The molecular weight excluding hydrogens is 1170 g/mol. The third-order valence-electron chi connectivity index (χ3n) is 17.1. The van der Waals surface area contributed by atoms with Crippen LogP contribution in [0, 0.1) is 17.6 Å². The largest absolute Gasteiger partial charge is 0.381 e. The van der Waals surface area contributed by atoms with Crippen LogP contribution < -0.4 is 36.8 Å². The summed E-state index contributed by atoms with van der Waals surface area (Å²) in [6.45, 7) is 13.3. The van der Waals surface area contributed by atoms with Crippen LogP contribution in [0.2, 0.25) is 0 Å². The number of hydrogen-bond donors (Lipinski definition) is 6. The SMILES string of the molecule is CNC(C)C(=O)NC(C(=O)N1Cc2ccccc2[C@H]1C(=O)Nc1cc(C(=O)Nc2ccc(NC(=O)C3(C)CN(C(=O)CN4C[C@@H](C)NC[C@@H]4CN4CCOCC4C)c4cc(Cc5ccc(F)cc5)ccc43)cc2)ccc1F)C1CCOCC1.Cl.Cl.Cl. The van der Waals surface area contributed by atoms with Crippen LogP contribution in [0.15, 0.2) is 109 Å². The van der Waals surface area contributed by atoms with Crippen molar-refractivity contribution in [3.63, 3.8) is 0 Å². The Morgan fingerprint density at radius 3 is 2.20 bits per heavy atom. The molecule has 0 aromatic heterocycles. The summed E-state index contributed by atoms with van der Waals surface area (Å²) in [5, 5.41) is 18.0. The highest BCUT2D eigenvalue weighted by Crippen LogP contribution is 2.43. The molecule has 6 amide bonds. The number of carbonyl (C=O) groups is 6. The highest BCUT2D eigenvalue weighted by atomic mass is 35.5. The highest BCUT2D eigenvalue weighted by molar-refractivity contribution is 6.08. The summed E-state index contributed by atoms with van der Waals surface area (Å²) in [5.74, 6) is -3.97. The quantitative estimate of drug-likeness (QED) is 0.0545. The van der Waals surface area contributed by atoms with Crippen LogP contribution in [0.4, 0.5) is 31.5 Å². The van der Waals surface area contributed by atoms with Crippen LogP contribution in [0.25, 0.3) is 0 Å². The number of morpholine rings is 1. The maximum Gasteiger partial charge on any atom is 0.255 e. The van der Waals surface area contributed by atoms with Gasteiger partial charge in [-0.1, -0.05) is 48.5 Å². The lowest BCUT2D eigenvalue weighted by atomic mass is 9.83. The number of likely N-dealkylation sites (N-methyl/N-ethyl adjacent to an activating group) is 1. The number of rotatable bonds is 17. The molecule has 5 aromatic rings. The van der Waals surface area contributed by atoms with E-state index in [-0.39, 0.29) is 116 Å². The zero-order valence-corrected chi connectivity index (χ0v) is 51.3. The number of nitrogens with zero attached hydrogens (tertiary/aromatic N) is 4. The number of amides is 6. The van der Waals surface area contributed by atoms with Gasteiger partial charge in [-0.25, -0.2) is 8.78 Å². The maximum absolute atomic E-state index is 15.7. The van der Waals surface area contributed by atoms with Crippen molar-refractivity contribution >= 4 is 95.4 Å². The summed E-state index contributed by atoms with van der Waals surface area (Å²) in [5.41, 5.74) is 3.80. The molecular formula is C63H77Cl3F2N10O8. The van der Waals surface area contributed by atoms with Crippen molar-refractivity contribution in [3.8, 4) is 0 Å². The summed E-state index contributed by atoms with van der Waals surface area (Å²) in [6, 6.07) is 27.2. The predicted octanol–water partition coefficient (Wildman–Crippen LogP) is 7.24. The van der Waals surface area contributed by atoms with Crippen molar-refractivity contribution in [1.82, 2.24) is 30.7 Å². The number of benzene rings is 5. The second-order valence-electron chi connectivity index (χ2n) is 23.0. The van der Waals surface area contributed by atoms with E-state index in [1.165, 1.54) is 29.2 Å². The molecule has 7 atom stereocenters. The Morgan fingerprint density at radius 1 is 0.791 bits per heavy atom. The molecule has 5 heterocycles. The Balaban J connectivity index is 0.00000353. The second-order valence-corrected chi connectivity index (χ2v) is 23.0.